The minimum atomic E-state index is -0.129. The van der Waals surface area contributed by atoms with E-state index in [1.165, 1.54) is 0 Å². The Hall–Kier alpha value is -1.51. The van der Waals surface area contributed by atoms with Gasteiger partial charge in [0, 0.05) is 35.9 Å². The predicted molar refractivity (Wildman–Crippen MR) is 80.7 cm³/mol. The Labute approximate surface area is 122 Å². The van der Waals surface area contributed by atoms with Gasteiger partial charge in [-0.05, 0) is 30.3 Å². The summed E-state index contributed by atoms with van der Waals surface area (Å²) >= 11 is 12.0. The fraction of sp³-hybridized carbons (Fsp3) is 0.133. The molecule has 0 amide bonds. The largest absolute Gasteiger partial charge is 0.378 e. The van der Waals surface area contributed by atoms with E-state index in [0.29, 0.717) is 21.2 Å². The van der Waals surface area contributed by atoms with E-state index in [2.05, 4.69) is 0 Å². The lowest BCUT2D eigenvalue weighted by Gasteiger charge is -2.13. The number of ketones is 1. The van der Waals surface area contributed by atoms with Crippen molar-refractivity contribution in [3.63, 3.8) is 0 Å². The first-order valence-corrected chi connectivity index (χ1v) is 6.52. The van der Waals surface area contributed by atoms with Gasteiger partial charge in [0.25, 0.3) is 0 Å². The maximum absolute atomic E-state index is 12.4. The van der Waals surface area contributed by atoms with Crippen molar-refractivity contribution in [2.45, 2.75) is 0 Å². The number of anilines is 1. The first-order chi connectivity index (χ1) is 8.99. The van der Waals surface area contributed by atoms with Crippen LogP contribution in [0.4, 0.5) is 5.69 Å². The monoisotopic (exact) mass is 293 g/mol. The molecule has 2 aromatic rings. The smallest absolute Gasteiger partial charge is 0.194 e. The van der Waals surface area contributed by atoms with Crippen molar-refractivity contribution in [3.8, 4) is 0 Å². The summed E-state index contributed by atoms with van der Waals surface area (Å²) in [5.74, 6) is -0.129. The molecular formula is C15H13Cl2NO. The summed E-state index contributed by atoms with van der Waals surface area (Å²) in [6.07, 6.45) is 0. The molecule has 0 radical (unpaired) electrons. The van der Waals surface area contributed by atoms with Crippen LogP contribution < -0.4 is 4.90 Å². The predicted octanol–water partition coefficient (Wildman–Crippen LogP) is 4.29. The van der Waals surface area contributed by atoms with Crippen LogP contribution in [0.2, 0.25) is 10.0 Å². The van der Waals surface area contributed by atoms with Crippen molar-refractivity contribution < 1.29 is 4.79 Å². The zero-order chi connectivity index (χ0) is 14.0. The Morgan fingerprint density at radius 2 is 1.79 bits per heavy atom. The Balaban J connectivity index is 2.44. The van der Waals surface area contributed by atoms with Gasteiger partial charge in [0.2, 0.25) is 0 Å². The fourth-order valence-electron chi connectivity index (χ4n) is 1.75. The summed E-state index contributed by atoms with van der Waals surface area (Å²) < 4.78 is 0. The second kappa shape index (κ2) is 5.64. The lowest BCUT2D eigenvalue weighted by Crippen LogP contribution is -2.10. The van der Waals surface area contributed by atoms with E-state index in [0.717, 1.165) is 5.69 Å². The first kappa shape index (κ1) is 13.9. The van der Waals surface area contributed by atoms with Crippen LogP contribution in [-0.4, -0.2) is 19.9 Å². The second-order valence-corrected chi connectivity index (χ2v) is 5.24. The van der Waals surface area contributed by atoms with E-state index in [-0.39, 0.29) is 5.78 Å². The SMILES string of the molecule is CN(C)c1cccc(C(=O)c2cc(Cl)ccc2Cl)c1. The molecule has 0 saturated heterocycles. The summed E-state index contributed by atoms with van der Waals surface area (Å²) in [5.41, 5.74) is 1.98. The summed E-state index contributed by atoms with van der Waals surface area (Å²) in [5, 5.41) is 0.904. The number of carbonyl (C=O) groups is 1. The molecule has 0 bridgehead atoms. The third-order valence-corrected chi connectivity index (χ3v) is 3.36. The summed E-state index contributed by atoms with van der Waals surface area (Å²) in [4.78, 5) is 14.4. The molecule has 2 aromatic carbocycles. The van der Waals surface area contributed by atoms with Crippen LogP contribution in [-0.2, 0) is 0 Å². The lowest BCUT2D eigenvalue weighted by molar-refractivity contribution is 0.103. The van der Waals surface area contributed by atoms with Gasteiger partial charge in [0.05, 0.1) is 5.02 Å². The van der Waals surface area contributed by atoms with E-state index >= 15 is 0 Å². The van der Waals surface area contributed by atoms with Crippen molar-refractivity contribution in [1.82, 2.24) is 0 Å². The Kier molecular flexibility index (Phi) is 4.13. The molecule has 4 heteroatoms. The Morgan fingerprint density at radius 3 is 2.47 bits per heavy atom. The van der Waals surface area contributed by atoms with Crippen molar-refractivity contribution in [2.24, 2.45) is 0 Å². The highest BCUT2D eigenvalue weighted by atomic mass is 35.5. The van der Waals surface area contributed by atoms with E-state index in [4.69, 9.17) is 23.2 Å². The highest BCUT2D eigenvalue weighted by Crippen LogP contribution is 2.24. The van der Waals surface area contributed by atoms with Crippen LogP contribution in [0.1, 0.15) is 15.9 Å². The highest BCUT2D eigenvalue weighted by Gasteiger charge is 2.14. The van der Waals surface area contributed by atoms with E-state index in [9.17, 15) is 4.79 Å². The highest BCUT2D eigenvalue weighted by molar-refractivity contribution is 6.36. The lowest BCUT2D eigenvalue weighted by atomic mass is 10.0. The Bertz CT molecular complexity index is 623. The van der Waals surface area contributed by atoms with Gasteiger partial charge in [0.15, 0.2) is 5.78 Å². The molecule has 0 heterocycles. The maximum atomic E-state index is 12.4. The van der Waals surface area contributed by atoms with Crippen LogP contribution in [0, 0.1) is 0 Å². The first-order valence-electron chi connectivity index (χ1n) is 5.76. The number of halogens is 2. The third kappa shape index (κ3) is 3.09. The van der Waals surface area contributed by atoms with Crippen LogP contribution in [0.25, 0.3) is 0 Å². The van der Waals surface area contributed by atoms with Crippen LogP contribution in [0.5, 0.6) is 0 Å². The zero-order valence-electron chi connectivity index (χ0n) is 10.7. The molecule has 0 fully saturated rings. The minimum Gasteiger partial charge on any atom is -0.378 e. The molecule has 0 aliphatic carbocycles. The van der Waals surface area contributed by atoms with Gasteiger partial charge < -0.3 is 4.90 Å². The number of nitrogens with zero attached hydrogens (tertiary/aromatic N) is 1. The summed E-state index contributed by atoms with van der Waals surface area (Å²) in [7, 11) is 3.85. The van der Waals surface area contributed by atoms with Gasteiger partial charge in [-0.25, -0.2) is 0 Å². The normalized spacial score (nSPS) is 10.3. The molecule has 0 atom stereocenters. The molecule has 98 valence electrons. The zero-order valence-corrected chi connectivity index (χ0v) is 12.2. The molecule has 2 rings (SSSR count). The number of rotatable bonds is 3. The van der Waals surface area contributed by atoms with Gasteiger partial charge in [-0.2, -0.15) is 0 Å². The average Bonchev–Trinajstić information content (AvgIpc) is 2.41. The molecule has 0 aliphatic heterocycles. The van der Waals surface area contributed by atoms with Crippen molar-refractivity contribution in [1.29, 1.82) is 0 Å². The number of benzene rings is 2. The van der Waals surface area contributed by atoms with Crippen LogP contribution in [0.15, 0.2) is 42.5 Å². The number of carbonyl (C=O) groups excluding carboxylic acids is 1. The summed E-state index contributed by atoms with van der Waals surface area (Å²) in [6, 6.07) is 12.3. The molecule has 0 aliphatic rings. The molecule has 0 aromatic heterocycles. The van der Waals surface area contributed by atoms with Crippen LogP contribution >= 0.6 is 23.2 Å². The van der Waals surface area contributed by atoms with E-state index in [1.54, 1.807) is 24.3 Å². The van der Waals surface area contributed by atoms with Gasteiger partial charge in [-0.15, -0.1) is 0 Å². The van der Waals surface area contributed by atoms with E-state index < -0.39 is 0 Å². The standard InChI is InChI=1S/C15H13Cl2NO/c1-18(2)12-5-3-4-10(8-12)15(19)13-9-11(16)6-7-14(13)17/h3-9H,1-2H3. The molecule has 0 saturated carbocycles. The molecule has 19 heavy (non-hydrogen) atoms. The van der Waals surface area contributed by atoms with Crippen LogP contribution in [0.3, 0.4) is 0 Å². The van der Waals surface area contributed by atoms with Gasteiger partial charge >= 0.3 is 0 Å². The number of hydrogen-bond donors (Lipinski definition) is 0. The number of hydrogen-bond acceptors (Lipinski definition) is 2. The molecule has 0 unspecified atom stereocenters. The van der Waals surface area contributed by atoms with Crippen molar-refractivity contribution in [3.05, 3.63) is 63.6 Å². The topological polar surface area (TPSA) is 20.3 Å². The van der Waals surface area contributed by atoms with Gasteiger partial charge in [-0.3, -0.25) is 4.79 Å². The second-order valence-electron chi connectivity index (χ2n) is 4.40. The van der Waals surface area contributed by atoms with Crippen molar-refractivity contribution >= 4 is 34.7 Å². The Morgan fingerprint density at radius 1 is 1.05 bits per heavy atom. The van der Waals surface area contributed by atoms with E-state index in [1.807, 2.05) is 37.2 Å². The fourth-order valence-corrected chi connectivity index (χ4v) is 2.13. The third-order valence-electron chi connectivity index (χ3n) is 2.80. The summed E-state index contributed by atoms with van der Waals surface area (Å²) in [6.45, 7) is 0. The molecule has 2 nitrogen and oxygen atoms in total. The average molecular weight is 294 g/mol. The van der Waals surface area contributed by atoms with Gasteiger partial charge in [0.1, 0.15) is 0 Å². The quantitative estimate of drug-likeness (QED) is 0.787. The maximum Gasteiger partial charge on any atom is 0.194 e. The molecule has 0 N–H and O–H groups in total. The minimum absolute atomic E-state index is 0.129. The molecular weight excluding hydrogens is 281 g/mol. The molecule has 0 spiro atoms. The van der Waals surface area contributed by atoms with Gasteiger partial charge in [-0.1, -0.05) is 35.3 Å². The van der Waals surface area contributed by atoms with Crippen molar-refractivity contribution in [2.75, 3.05) is 19.0 Å².